The molecule has 10 nitrogen and oxygen atoms in total. The molecule has 11 heteroatoms. The van der Waals surface area contributed by atoms with Gasteiger partial charge in [-0.1, -0.05) is 11.3 Å². The molecule has 1 aliphatic rings. The molecule has 33 heavy (non-hydrogen) atoms. The second-order valence-corrected chi connectivity index (χ2v) is 8.60. The number of pyridine rings is 1. The van der Waals surface area contributed by atoms with E-state index in [-0.39, 0.29) is 0 Å². The Bertz CT molecular complexity index is 1390. The number of hydrogen-bond acceptors (Lipinski definition) is 10. The van der Waals surface area contributed by atoms with Gasteiger partial charge in [0.15, 0.2) is 5.01 Å². The topological polar surface area (TPSA) is 131 Å². The first kappa shape index (κ1) is 20.8. The number of hydrogen-bond donors (Lipinski definition) is 2. The van der Waals surface area contributed by atoms with Gasteiger partial charge in [0, 0.05) is 38.1 Å². The maximum absolute atomic E-state index is 9.37. The van der Waals surface area contributed by atoms with E-state index >= 15 is 0 Å². The predicted octanol–water partition coefficient (Wildman–Crippen LogP) is 2.52. The first-order valence-electron chi connectivity index (χ1n) is 10.5. The first-order valence-corrected chi connectivity index (χ1v) is 11.3. The molecule has 5 heterocycles. The predicted molar refractivity (Wildman–Crippen MR) is 126 cm³/mol. The van der Waals surface area contributed by atoms with Crippen LogP contribution < -0.4 is 15.5 Å². The lowest BCUT2D eigenvalue weighted by Gasteiger charge is -2.26. The quantitative estimate of drug-likeness (QED) is 0.465. The van der Waals surface area contributed by atoms with Crippen molar-refractivity contribution in [1.82, 2.24) is 30.1 Å². The SMILES string of the molecule is C[C@H](C#N)Nc1cc(-c2ccc3cc(C#N)cnn23)ncc1-c1nnc(N2CCNCC2)s1. The highest BCUT2D eigenvalue weighted by molar-refractivity contribution is 7.18. The van der Waals surface area contributed by atoms with Crippen LogP contribution in [0, 0.1) is 22.7 Å². The van der Waals surface area contributed by atoms with Crippen LogP contribution in [0.3, 0.4) is 0 Å². The highest BCUT2D eigenvalue weighted by atomic mass is 32.1. The minimum atomic E-state index is -0.403. The molecule has 1 saturated heterocycles. The number of anilines is 2. The standard InChI is InChI=1S/C22H20N10S/c1-14(10-23)28-18-9-19(20-3-2-16-8-15(11-24)12-27-32(16)20)26-13-17(18)21-29-30-22(33-21)31-6-4-25-5-7-31/h2-3,8-9,12-14,25H,4-7H2,1H3,(H,26,28)/t14-/m1/s1. The van der Waals surface area contributed by atoms with Gasteiger partial charge in [0.2, 0.25) is 5.13 Å². The molecular formula is C22H20N10S. The summed E-state index contributed by atoms with van der Waals surface area (Å²) in [7, 11) is 0. The van der Waals surface area contributed by atoms with Gasteiger partial charge < -0.3 is 15.5 Å². The van der Waals surface area contributed by atoms with Crippen LogP contribution in [0.5, 0.6) is 0 Å². The van der Waals surface area contributed by atoms with Crippen LogP contribution in [0.25, 0.3) is 27.5 Å². The van der Waals surface area contributed by atoms with Crippen molar-refractivity contribution in [2.45, 2.75) is 13.0 Å². The Balaban J connectivity index is 1.54. The fourth-order valence-corrected chi connectivity index (χ4v) is 4.63. The molecule has 5 rings (SSSR count). The minimum Gasteiger partial charge on any atom is -0.369 e. The van der Waals surface area contributed by atoms with E-state index in [9.17, 15) is 5.26 Å². The fraction of sp³-hybridized carbons (Fsp3) is 0.273. The molecule has 1 fully saturated rings. The van der Waals surface area contributed by atoms with Crippen molar-refractivity contribution in [2.75, 3.05) is 36.4 Å². The number of aromatic nitrogens is 5. The summed E-state index contributed by atoms with van der Waals surface area (Å²) in [4.78, 5) is 6.89. The van der Waals surface area contributed by atoms with Crippen LogP contribution in [0.4, 0.5) is 10.8 Å². The van der Waals surface area contributed by atoms with Crippen molar-refractivity contribution < 1.29 is 0 Å². The summed E-state index contributed by atoms with van der Waals surface area (Å²) in [6, 6.07) is 11.4. The van der Waals surface area contributed by atoms with Crippen molar-refractivity contribution in [3.05, 3.63) is 42.2 Å². The highest BCUT2D eigenvalue weighted by Gasteiger charge is 2.19. The van der Waals surface area contributed by atoms with E-state index in [1.165, 1.54) is 17.5 Å². The van der Waals surface area contributed by atoms with Gasteiger partial charge in [-0.25, -0.2) is 4.52 Å². The van der Waals surface area contributed by atoms with E-state index in [1.54, 1.807) is 23.7 Å². The second-order valence-electron chi connectivity index (χ2n) is 7.65. The largest absolute Gasteiger partial charge is 0.369 e. The van der Waals surface area contributed by atoms with Crippen LogP contribution in [-0.2, 0) is 0 Å². The van der Waals surface area contributed by atoms with Crippen molar-refractivity contribution >= 4 is 27.7 Å². The minimum absolute atomic E-state index is 0.403. The smallest absolute Gasteiger partial charge is 0.208 e. The Hall–Kier alpha value is -4.06. The molecule has 4 aromatic heterocycles. The molecule has 0 spiro atoms. The van der Waals surface area contributed by atoms with E-state index < -0.39 is 6.04 Å². The molecule has 0 radical (unpaired) electrons. The summed E-state index contributed by atoms with van der Waals surface area (Å²) in [5.74, 6) is 0. The highest BCUT2D eigenvalue weighted by Crippen LogP contribution is 2.35. The second kappa shape index (κ2) is 8.82. The molecule has 0 aliphatic carbocycles. The average Bonchev–Trinajstić information content (AvgIpc) is 3.51. The molecule has 2 N–H and O–H groups in total. The summed E-state index contributed by atoms with van der Waals surface area (Å²) in [5.41, 5.74) is 4.32. The van der Waals surface area contributed by atoms with E-state index in [4.69, 9.17) is 5.26 Å². The van der Waals surface area contributed by atoms with Crippen LogP contribution >= 0.6 is 11.3 Å². The van der Waals surface area contributed by atoms with E-state index in [0.717, 1.165) is 58.8 Å². The Labute approximate surface area is 194 Å². The van der Waals surface area contributed by atoms with Crippen LogP contribution in [0.1, 0.15) is 12.5 Å². The fourth-order valence-electron chi connectivity index (χ4n) is 3.71. The third kappa shape index (κ3) is 4.07. The summed E-state index contributed by atoms with van der Waals surface area (Å²) < 4.78 is 1.74. The van der Waals surface area contributed by atoms with Gasteiger partial charge in [0.25, 0.3) is 0 Å². The zero-order valence-electron chi connectivity index (χ0n) is 17.9. The first-order chi connectivity index (χ1) is 16.2. The molecule has 0 saturated carbocycles. The van der Waals surface area contributed by atoms with E-state index in [2.05, 4.69) is 48.0 Å². The molecule has 0 bridgehead atoms. The van der Waals surface area contributed by atoms with Gasteiger partial charge in [-0.15, -0.1) is 10.2 Å². The van der Waals surface area contributed by atoms with Crippen LogP contribution in [-0.4, -0.2) is 57.0 Å². The number of nitrogens with one attached hydrogen (secondary N) is 2. The van der Waals surface area contributed by atoms with Crippen LogP contribution in [0.15, 0.2) is 36.7 Å². The number of piperazine rings is 1. The lowest BCUT2D eigenvalue weighted by molar-refractivity contribution is 0.587. The third-order valence-electron chi connectivity index (χ3n) is 5.39. The molecular weight excluding hydrogens is 436 g/mol. The maximum atomic E-state index is 9.37. The maximum Gasteiger partial charge on any atom is 0.208 e. The molecule has 1 aliphatic heterocycles. The van der Waals surface area contributed by atoms with Crippen molar-refractivity contribution in [2.24, 2.45) is 0 Å². The van der Waals surface area contributed by atoms with Gasteiger partial charge in [-0.2, -0.15) is 15.6 Å². The number of fused-ring (bicyclic) bond motifs is 1. The molecule has 0 aromatic carbocycles. The van der Waals surface area contributed by atoms with Gasteiger partial charge in [0.05, 0.1) is 40.3 Å². The number of rotatable bonds is 5. The Morgan fingerprint density at radius 3 is 2.79 bits per heavy atom. The van der Waals surface area contributed by atoms with Crippen LogP contribution in [0.2, 0.25) is 0 Å². The summed E-state index contributed by atoms with van der Waals surface area (Å²) in [5, 5.41) is 39.9. The van der Waals surface area contributed by atoms with Gasteiger partial charge in [-0.05, 0) is 31.2 Å². The van der Waals surface area contributed by atoms with Gasteiger partial charge >= 0.3 is 0 Å². The Morgan fingerprint density at radius 2 is 2.00 bits per heavy atom. The molecule has 0 amide bonds. The molecule has 164 valence electrons. The zero-order valence-corrected chi connectivity index (χ0v) is 18.7. The summed E-state index contributed by atoms with van der Waals surface area (Å²) in [6.45, 7) is 5.43. The molecule has 0 unspecified atom stereocenters. The monoisotopic (exact) mass is 456 g/mol. The summed E-state index contributed by atoms with van der Waals surface area (Å²) in [6.07, 6.45) is 3.29. The van der Waals surface area contributed by atoms with E-state index in [0.29, 0.717) is 11.3 Å². The molecule has 4 aromatic rings. The van der Waals surface area contributed by atoms with Gasteiger partial charge in [-0.3, -0.25) is 4.98 Å². The number of nitrogens with zero attached hydrogens (tertiary/aromatic N) is 8. The molecule has 1 atom stereocenters. The average molecular weight is 457 g/mol. The Kier molecular flexibility index (Phi) is 5.57. The Morgan fingerprint density at radius 1 is 1.15 bits per heavy atom. The number of nitriles is 2. The van der Waals surface area contributed by atoms with E-state index in [1.807, 2.05) is 18.2 Å². The van der Waals surface area contributed by atoms with Crippen molar-refractivity contribution in [1.29, 1.82) is 10.5 Å². The van der Waals surface area contributed by atoms with Crippen molar-refractivity contribution in [3.8, 4) is 34.1 Å². The lowest BCUT2D eigenvalue weighted by atomic mass is 10.1. The van der Waals surface area contributed by atoms with Crippen molar-refractivity contribution in [3.63, 3.8) is 0 Å². The third-order valence-corrected chi connectivity index (χ3v) is 6.41. The lowest BCUT2D eigenvalue weighted by Crippen LogP contribution is -2.43. The normalized spacial score (nSPS) is 14.6. The zero-order chi connectivity index (χ0) is 22.8. The van der Waals surface area contributed by atoms with Gasteiger partial charge in [0.1, 0.15) is 12.1 Å². The summed E-state index contributed by atoms with van der Waals surface area (Å²) >= 11 is 1.52.